The molecular weight excluding hydrogens is 584 g/mol. The summed E-state index contributed by atoms with van der Waals surface area (Å²) in [6.07, 6.45) is 2.07. The number of unbranched alkanes of at least 4 members (excludes halogenated alkanes) is 1. The van der Waals surface area contributed by atoms with Gasteiger partial charge in [0.05, 0.1) is 11.4 Å². The number of hydrogen-bond acceptors (Lipinski definition) is 5. The van der Waals surface area contributed by atoms with Gasteiger partial charge in [-0.15, -0.1) is 0 Å². The molecule has 238 valence electrons. The topological polar surface area (TPSA) is 48.8 Å². The van der Waals surface area contributed by atoms with Gasteiger partial charge in [-0.3, -0.25) is 4.90 Å². The summed E-state index contributed by atoms with van der Waals surface area (Å²) in [4.78, 5) is 7.67. The van der Waals surface area contributed by atoms with Crippen LogP contribution < -0.4 is 14.2 Å². The Morgan fingerprint density at radius 2 is 1.46 bits per heavy atom. The second-order valence-electron chi connectivity index (χ2n) is 11.7. The maximum absolute atomic E-state index is 13.1. The molecule has 0 unspecified atom stereocenters. The minimum atomic E-state index is -2.87. The molecule has 8 heteroatoms. The van der Waals surface area contributed by atoms with Crippen LogP contribution in [0.5, 0.6) is 17.2 Å². The number of rotatable bonds is 13. The zero-order valence-electron chi connectivity index (χ0n) is 26.5. The SMILES string of the molecule is CCCCn1c(-c2ccccc2)nc(-c2ccccc2)c1CN(Cc1cc(C)c(OC(F)F)c(C)c1)Cc1ccc2c(c1)OCO2. The third-order valence-corrected chi connectivity index (χ3v) is 8.24. The molecule has 0 amide bonds. The molecule has 0 radical (unpaired) electrons. The van der Waals surface area contributed by atoms with Crippen LogP contribution in [-0.4, -0.2) is 27.9 Å². The van der Waals surface area contributed by atoms with Gasteiger partial charge in [0, 0.05) is 37.3 Å². The lowest BCUT2D eigenvalue weighted by Crippen LogP contribution is -2.25. The summed E-state index contributed by atoms with van der Waals surface area (Å²) in [6.45, 7) is 5.83. The van der Waals surface area contributed by atoms with E-state index in [-0.39, 0.29) is 12.5 Å². The van der Waals surface area contributed by atoms with Crippen LogP contribution in [0.25, 0.3) is 22.6 Å². The standard InChI is InChI=1S/C38H39F2N3O3/c1-4-5-18-43-32(35(30-12-8-6-9-13-30)41-37(43)31-14-10-7-11-15-31)24-42(22-28-16-17-33-34(21-28)45-25-44-33)23-29-19-26(2)36(27(3)20-29)46-38(39)40/h6-17,19-21,38H,4-5,18,22-25H2,1-3H3. The third-order valence-electron chi connectivity index (χ3n) is 8.24. The summed E-state index contributed by atoms with van der Waals surface area (Å²) < 4.78 is 44.8. The molecule has 6 rings (SSSR count). The molecule has 5 aromatic rings. The lowest BCUT2D eigenvalue weighted by atomic mass is 10.0. The third kappa shape index (κ3) is 7.07. The Labute approximate surface area is 269 Å². The first-order chi connectivity index (χ1) is 22.4. The van der Waals surface area contributed by atoms with E-state index in [0.29, 0.717) is 30.8 Å². The molecule has 0 aliphatic carbocycles. The van der Waals surface area contributed by atoms with Crippen molar-refractivity contribution in [3.05, 3.63) is 119 Å². The van der Waals surface area contributed by atoms with Crippen molar-refractivity contribution in [2.75, 3.05) is 6.79 Å². The number of aryl methyl sites for hydroxylation is 2. The molecule has 0 spiro atoms. The van der Waals surface area contributed by atoms with E-state index in [1.165, 1.54) is 0 Å². The lowest BCUT2D eigenvalue weighted by Gasteiger charge is -2.25. The van der Waals surface area contributed by atoms with Crippen LogP contribution in [0.3, 0.4) is 0 Å². The van der Waals surface area contributed by atoms with Crippen molar-refractivity contribution in [1.29, 1.82) is 0 Å². The number of nitrogens with zero attached hydrogens (tertiary/aromatic N) is 3. The Hall–Kier alpha value is -4.69. The van der Waals surface area contributed by atoms with Gasteiger partial charge in [0.1, 0.15) is 11.6 Å². The molecule has 0 bridgehead atoms. The number of alkyl halides is 2. The Kier molecular flexibility index (Phi) is 9.64. The number of ether oxygens (including phenoxy) is 3. The highest BCUT2D eigenvalue weighted by Crippen LogP contribution is 2.35. The van der Waals surface area contributed by atoms with Crippen molar-refractivity contribution >= 4 is 0 Å². The van der Waals surface area contributed by atoms with Gasteiger partial charge in [-0.25, -0.2) is 4.98 Å². The van der Waals surface area contributed by atoms with Gasteiger partial charge >= 0.3 is 6.61 Å². The Bertz CT molecular complexity index is 1750. The Morgan fingerprint density at radius 1 is 0.804 bits per heavy atom. The number of halogens is 2. The number of fused-ring (bicyclic) bond motifs is 1. The molecule has 46 heavy (non-hydrogen) atoms. The smallest absolute Gasteiger partial charge is 0.387 e. The largest absolute Gasteiger partial charge is 0.454 e. The van der Waals surface area contributed by atoms with E-state index < -0.39 is 6.61 Å². The van der Waals surface area contributed by atoms with E-state index in [1.54, 1.807) is 0 Å². The van der Waals surface area contributed by atoms with Gasteiger partial charge in [0.2, 0.25) is 6.79 Å². The molecule has 1 aliphatic heterocycles. The van der Waals surface area contributed by atoms with Crippen molar-refractivity contribution in [1.82, 2.24) is 14.5 Å². The molecule has 1 aromatic heterocycles. The van der Waals surface area contributed by atoms with Crippen molar-refractivity contribution in [2.45, 2.75) is 66.4 Å². The number of aromatic nitrogens is 2. The summed E-state index contributed by atoms with van der Waals surface area (Å²) in [7, 11) is 0. The predicted molar refractivity (Wildman–Crippen MR) is 176 cm³/mol. The van der Waals surface area contributed by atoms with Crippen LogP contribution in [-0.2, 0) is 26.2 Å². The predicted octanol–water partition coefficient (Wildman–Crippen LogP) is 9.17. The van der Waals surface area contributed by atoms with Crippen molar-refractivity contribution in [3.8, 4) is 39.9 Å². The van der Waals surface area contributed by atoms with Gasteiger partial charge in [-0.05, 0) is 54.7 Å². The van der Waals surface area contributed by atoms with Gasteiger partial charge in [0.15, 0.2) is 11.5 Å². The van der Waals surface area contributed by atoms with Gasteiger partial charge in [-0.2, -0.15) is 8.78 Å². The van der Waals surface area contributed by atoms with Crippen molar-refractivity contribution < 1.29 is 23.0 Å². The maximum atomic E-state index is 13.1. The van der Waals surface area contributed by atoms with E-state index in [4.69, 9.17) is 19.2 Å². The minimum absolute atomic E-state index is 0.216. The highest BCUT2D eigenvalue weighted by molar-refractivity contribution is 5.68. The minimum Gasteiger partial charge on any atom is -0.454 e. The van der Waals surface area contributed by atoms with E-state index >= 15 is 0 Å². The highest BCUT2D eigenvalue weighted by atomic mass is 19.3. The second kappa shape index (κ2) is 14.2. The van der Waals surface area contributed by atoms with Crippen LogP contribution in [0.4, 0.5) is 8.78 Å². The molecule has 4 aromatic carbocycles. The fourth-order valence-electron chi connectivity index (χ4n) is 6.18. The van der Waals surface area contributed by atoms with Crippen LogP contribution in [0.2, 0.25) is 0 Å². The summed E-state index contributed by atoms with van der Waals surface area (Å²) in [5.41, 5.74) is 7.69. The summed E-state index contributed by atoms with van der Waals surface area (Å²) in [5, 5.41) is 0. The quantitative estimate of drug-likeness (QED) is 0.131. The molecular formula is C38H39F2N3O3. The molecule has 0 fully saturated rings. The van der Waals surface area contributed by atoms with Crippen LogP contribution >= 0.6 is 0 Å². The number of hydrogen-bond donors (Lipinski definition) is 0. The Morgan fingerprint density at radius 3 is 2.13 bits per heavy atom. The zero-order valence-corrected chi connectivity index (χ0v) is 26.5. The second-order valence-corrected chi connectivity index (χ2v) is 11.7. The van der Waals surface area contributed by atoms with Crippen molar-refractivity contribution in [2.24, 2.45) is 0 Å². The maximum Gasteiger partial charge on any atom is 0.387 e. The first-order valence-electron chi connectivity index (χ1n) is 15.8. The fourth-order valence-corrected chi connectivity index (χ4v) is 6.18. The van der Waals surface area contributed by atoms with Crippen molar-refractivity contribution in [3.63, 3.8) is 0 Å². The van der Waals surface area contributed by atoms with Gasteiger partial charge in [0.25, 0.3) is 0 Å². The average molecular weight is 624 g/mol. The molecule has 0 saturated heterocycles. The summed E-state index contributed by atoms with van der Waals surface area (Å²) in [6, 6.07) is 30.6. The molecule has 0 N–H and O–H groups in total. The van der Waals surface area contributed by atoms with Gasteiger partial charge < -0.3 is 18.8 Å². The molecule has 0 saturated carbocycles. The van der Waals surface area contributed by atoms with E-state index in [2.05, 4.69) is 46.7 Å². The lowest BCUT2D eigenvalue weighted by molar-refractivity contribution is -0.0507. The van der Waals surface area contributed by atoms with Crippen LogP contribution in [0.1, 0.15) is 47.7 Å². The molecule has 1 aliphatic rings. The normalized spacial score (nSPS) is 12.3. The summed E-state index contributed by atoms with van der Waals surface area (Å²) >= 11 is 0. The molecule has 2 heterocycles. The van der Waals surface area contributed by atoms with E-state index in [1.807, 2.05) is 74.5 Å². The molecule has 6 nitrogen and oxygen atoms in total. The first kappa shape index (κ1) is 31.3. The fraction of sp³-hybridized carbons (Fsp3) is 0.289. The van der Waals surface area contributed by atoms with E-state index in [9.17, 15) is 8.78 Å². The van der Waals surface area contributed by atoms with E-state index in [0.717, 1.165) is 70.4 Å². The average Bonchev–Trinajstić information content (AvgIpc) is 3.67. The monoisotopic (exact) mass is 623 g/mol. The number of benzene rings is 4. The molecule has 0 atom stereocenters. The van der Waals surface area contributed by atoms with Crippen LogP contribution in [0, 0.1) is 13.8 Å². The number of imidazole rings is 1. The summed E-state index contributed by atoms with van der Waals surface area (Å²) in [5.74, 6) is 2.67. The first-order valence-corrected chi connectivity index (χ1v) is 15.8. The van der Waals surface area contributed by atoms with Gasteiger partial charge in [-0.1, -0.05) is 92.2 Å². The van der Waals surface area contributed by atoms with Crippen LogP contribution in [0.15, 0.2) is 91.0 Å². The zero-order chi connectivity index (χ0) is 32.0. The highest BCUT2D eigenvalue weighted by Gasteiger charge is 2.23. The Balaban J connectivity index is 1.44.